The van der Waals surface area contributed by atoms with Crippen molar-refractivity contribution in [3.05, 3.63) is 65.2 Å². The molecule has 1 saturated heterocycles. The predicted octanol–water partition coefficient (Wildman–Crippen LogP) is 10.7. The first-order valence-corrected chi connectivity index (χ1v) is 26.5. The van der Waals surface area contributed by atoms with Crippen LogP contribution in [0.2, 0.25) is 0 Å². The molecule has 63 heavy (non-hydrogen) atoms. The Morgan fingerprint density at radius 2 is 1.75 bits per heavy atom. The molecule has 0 radical (unpaired) electrons. The summed E-state index contributed by atoms with van der Waals surface area (Å²) in [4.78, 5) is 24.0. The van der Waals surface area contributed by atoms with E-state index in [4.69, 9.17) is 16.0 Å². The second-order valence-electron chi connectivity index (χ2n) is 23.0. The Balaban J connectivity index is 0.999. The van der Waals surface area contributed by atoms with Crippen molar-refractivity contribution in [2.24, 2.45) is 56.7 Å². The molecule has 2 heterocycles. The van der Waals surface area contributed by atoms with E-state index < -0.39 is 15.3 Å². The third kappa shape index (κ3) is 8.08. The summed E-state index contributed by atoms with van der Waals surface area (Å²) in [6, 6.07) is 3.32. The fourth-order valence-corrected chi connectivity index (χ4v) is 17.2. The summed E-state index contributed by atoms with van der Waals surface area (Å²) in [6.45, 7) is 34.8. The highest BCUT2D eigenvalue weighted by atomic mass is 32.2. The van der Waals surface area contributed by atoms with Crippen LogP contribution in [0.1, 0.15) is 139 Å². The number of fused-ring (bicyclic) bond motifs is 7. The van der Waals surface area contributed by atoms with Crippen molar-refractivity contribution in [2.45, 2.75) is 151 Å². The summed E-state index contributed by atoms with van der Waals surface area (Å²) in [7, 11) is -2.88. The number of carbonyl (C=O) groups excluding carboxylic acids is 1. The summed E-state index contributed by atoms with van der Waals surface area (Å²) >= 11 is 0. The van der Waals surface area contributed by atoms with Crippen LogP contribution in [-0.2, 0) is 19.4 Å². The van der Waals surface area contributed by atoms with E-state index in [2.05, 4.69) is 80.3 Å². The summed E-state index contributed by atoms with van der Waals surface area (Å²) in [6.07, 6.45) is 20.3. The van der Waals surface area contributed by atoms with Gasteiger partial charge in [-0.1, -0.05) is 58.9 Å². The minimum atomic E-state index is -2.88. The van der Waals surface area contributed by atoms with Crippen LogP contribution in [0.5, 0.6) is 5.88 Å². The number of hydrogen-bond acceptors (Lipinski definition) is 8. The largest absolute Gasteiger partial charge is 0.479 e. The van der Waals surface area contributed by atoms with Gasteiger partial charge in [0, 0.05) is 44.0 Å². The molecule has 0 bridgehead atoms. The summed E-state index contributed by atoms with van der Waals surface area (Å²) in [5, 5.41) is 4.24. The lowest BCUT2D eigenvalue weighted by Gasteiger charge is -2.72. The summed E-state index contributed by atoms with van der Waals surface area (Å²) in [5.74, 6) is 3.90. The van der Waals surface area contributed by atoms with E-state index in [0.29, 0.717) is 85.2 Å². The highest BCUT2D eigenvalue weighted by molar-refractivity contribution is 7.91. The average molecular weight is 883 g/mol. The maximum absolute atomic E-state index is 13.9. The molecular weight excluding hydrogens is 805 g/mol. The fourth-order valence-electron chi connectivity index (χ4n) is 15.9. The molecular formula is C53H78N4O5S. The van der Waals surface area contributed by atoms with Crippen molar-refractivity contribution in [1.29, 1.82) is 0 Å². The van der Waals surface area contributed by atoms with E-state index in [-0.39, 0.29) is 39.3 Å². The van der Waals surface area contributed by atoms with Gasteiger partial charge in [0.1, 0.15) is 0 Å². The van der Waals surface area contributed by atoms with Gasteiger partial charge in [0.15, 0.2) is 15.5 Å². The number of hydrogen-bond donors (Lipinski definition) is 1. The quantitative estimate of drug-likeness (QED) is 0.126. The van der Waals surface area contributed by atoms with Crippen molar-refractivity contribution >= 4 is 21.5 Å². The van der Waals surface area contributed by atoms with Crippen LogP contribution in [0.25, 0.3) is 4.85 Å². The highest BCUT2D eigenvalue weighted by Crippen LogP contribution is 2.76. The van der Waals surface area contributed by atoms with Crippen LogP contribution in [0.4, 0.5) is 5.69 Å². The number of sulfone groups is 1. The SMILES string of the molecule is [C-]#[N+]c1ccnc(OCCC2(C(=O)OC(C)C)CC=C(C3=CC[C@]4(C)[C@H]5CC[C@@H]6[C@H]7[C@H](C(=C)C)CC[C@]7(NCCN7CCS(=O)(=O)CC7)CC[C@@]6(C)[C@]5(C)CC[C@H]4C3(C)C)CC2)c1. The molecule has 346 valence electrons. The molecule has 1 unspecified atom stereocenters. The number of nitrogens with one attached hydrogen (secondary N) is 1. The lowest BCUT2D eigenvalue weighted by atomic mass is 9.33. The third-order valence-electron chi connectivity index (χ3n) is 19.4. The van der Waals surface area contributed by atoms with E-state index in [1.807, 2.05) is 13.8 Å². The number of pyridine rings is 1. The van der Waals surface area contributed by atoms with Gasteiger partial charge in [-0.2, -0.15) is 0 Å². The molecule has 10 heteroatoms. The second kappa shape index (κ2) is 17.0. The van der Waals surface area contributed by atoms with Crippen LogP contribution in [-0.4, -0.2) is 80.2 Å². The Morgan fingerprint density at radius 1 is 0.984 bits per heavy atom. The van der Waals surface area contributed by atoms with Crippen molar-refractivity contribution in [1.82, 2.24) is 15.2 Å². The van der Waals surface area contributed by atoms with Gasteiger partial charge in [0.25, 0.3) is 0 Å². The van der Waals surface area contributed by atoms with Gasteiger partial charge in [-0.15, -0.1) is 0 Å². The maximum atomic E-state index is 13.9. The lowest BCUT2D eigenvalue weighted by molar-refractivity contribution is -0.221. The van der Waals surface area contributed by atoms with Crippen LogP contribution >= 0.6 is 0 Å². The number of allylic oxidation sites excluding steroid dienone is 5. The number of nitrogens with zero attached hydrogens (tertiary/aromatic N) is 3. The zero-order valence-corrected chi connectivity index (χ0v) is 40.8. The van der Waals surface area contributed by atoms with Gasteiger partial charge < -0.3 is 19.7 Å². The minimum absolute atomic E-state index is 0.0136. The van der Waals surface area contributed by atoms with E-state index >= 15 is 0 Å². The topological polar surface area (TPSA) is 102 Å². The Kier molecular flexibility index (Phi) is 12.6. The Bertz CT molecular complexity index is 2140. The molecule has 1 aromatic rings. The number of aromatic nitrogens is 1. The standard InChI is InChI=1S/C53H78N4O5S/c1-36(2)40-15-23-53(56-28-29-57-30-33-63(59,60)34-31-57)25-24-50(8)42(46(40)53)11-12-44-49(7)19-16-41(48(5,6)43(49)17-20-51(44,50)9)38-13-21-52(22-14-38,47(58)62-37(3)4)26-32-61-45-35-39(54-10)18-27-55-45/h13,16,18,27,35,37,40,42-44,46,56H,1,11-12,14-15,17,19-26,28-34H2,2-9H3/t40-,42+,43-,44+,46+,49-,50+,51+,52?,53-/m0/s1. The van der Waals surface area contributed by atoms with Crippen molar-refractivity contribution in [3.63, 3.8) is 0 Å². The van der Waals surface area contributed by atoms with Crippen molar-refractivity contribution in [3.8, 4) is 5.88 Å². The van der Waals surface area contributed by atoms with Crippen molar-refractivity contribution < 1.29 is 22.7 Å². The zero-order chi connectivity index (χ0) is 45.2. The van der Waals surface area contributed by atoms with E-state index in [1.54, 1.807) is 18.3 Å². The highest BCUT2D eigenvalue weighted by Gasteiger charge is 2.70. The number of esters is 1. The molecule has 4 saturated carbocycles. The maximum Gasteiger partial charge on any atom is 0.312 e. The molecule has 0 amide bonds. The Labute approximate surface area is 380 Å². The Hall–Kier alpha value is -3.00. The summed E-state index contributed by atoms with van der Waals surface area (Å²) < 4.78 is 36.2. The first-order valence-electron chi connectivity index (χ1n) is 24.6. The molecule has 7 aliphatic rings. The van der Waals surface area contributed by atoms with Crippen molar-refractivity contribution in [2.75, 3.05) is 44.3 Å². The second-order valence-corrected chi connectivity index (χ2v) is 25.3. The number of ether oxygens (including phenoxy) is 2. The molecule has 8 rings (SSSR count). The van der Waals surface area contributed by atoms with Crippen LogP contribution < -0.4 is 10.1 Å². The number of carbonyl (C=O) groups is 1. The van der Waals surface area contributed by atoms with Gasteiger partial charge in [-0.3, -0.25) is 4.79 Å². The molecule has 1 aromatic heterocycles. The van der Waals surface area contributed by atoms with Crippen LogP contribution in [0, 0.1) is 63.2 Å². The molecule has 5 fully saturated rings. The molecule has 0 spiro atoms. The summed E-state index contributed by atoms with van der Waals surface area (Å²) in [5.41, 5.74) is 4.99. The van der Waals surface area contributed by atoms with Gasteiger partial charge in [0.05, 0.1) is 36.2 Å². The van der Waals surface area contributed by atoms with Gasteiger partial charge in [0.2, 0.25) is 5.88 Å². The first kappa shape index (κ1) is 46.5. The first-order chi connectivity index (χ1) is 29.7. The van der Waals surface area contributed by atoms with E-state index in [1.165, 1.54) is 68.1 Å². The minimum Gasteiger partial charge on any atom is -0.479 e. The molecule has 1 aliphatic heterocycles. The predicted molar refractivity (Wildman–Crippen MR) is 252 cm³/mol. The van der Waals surface area contributed by atoms with E-state index in [9.17, 15) is 13.2 Å². The van der Waals surface area contributed by atoms with Gasteiger partial charge in [-0.25, -0.2) is 18.2 Å². The van der Waals surface area contributed by atoms with Crippen LogP contribution in [0.15, 0.2) is 53.8 Å². The van der Waals surface area contributed by atoms with Crippen LogP contribution in [0.3, 0.4) is 0 Å². The monoisotopic (exact) mass is 883 g/mol. The molecule has 10 atom stereocenters. The molecule has 9 nitrogen and oxygen atoms in total. The smallest absolute Gasteiger partial charge is 0.312 e. The normalized spacial score (nSPS) is 39.3. The zero-order valence-electron chi connectivity index (χ0n) is 40.0. The fraction of sp³-hybridized carbons (Fsp3) is 0.755. The Morgan fingerprint density at radius 3 is 2.43 bits per heavy atom. The van der Waals surface area contributed by atoms with Gasteiger partial charge >= 0.3 is 5.97 Å². The van der Waals surface area contributed by atoms with E-state index in [0.717, 1.165) is 32.4 Å². The lowest BCUT2D eigenvalue weighted by Crippen LogP contribution is -2.68. The molecule has 1 N–H and O–H groups in total. The number of rotatable bonds is 12. The molecule has 0 aromatic carbocycles. The van der Waals surface area contributed by atoms with Gasteiger partial charge in [-0.05, 0) is 173 Å². The molecule has 6 aliphatic carbocycles. The third-order valence-corrected chi connectivity index (χ3v) is 21.0. The average Bonchev–Trinajstić information content (AvgIpc) is 3.62.